The number of nitrogens with one attached hydrogen (secondary N) is 1. The molecule has 134 valence electrons. The summed E-state index contributed by atoms with van der Waals surface area (Å²) in [5.74, 6) is 1.96. The average Bonchev–Trinajstić information content (AvgIpc) is 3.28. The van der Waals surface area contributed by atoms with Gasteiger partial charge in [0.1, 0.15) is 0 Å². The van der Waals surface area contributed by atoms with Crippen LogP contribution < -0.4 is 14.8 Å². The third-order valence-electron chi connectivity index (χ3n) is 4.83. The number of sulfonamides is 1. The first kappa shape index (κ1) is 17.8. The molecule has 6 nitrogen and oxygen atoms in total. The number of benzene rings is 1. The summed E-state index contributed by atoms with van der Waals surface area (Å²) < 4.78 is 37.7. The van der Waals surface area contributed by atoms with Crippen molar-refractivity contribution >= 4 is 22.4 Å². The first-order valence-electron chi connectivity index (χ1n) is 8.26. The molecule has 0 unspecified atom stereocenters. The zero-order valence-corrected chi connectivity index (χ0v) is 15.1. The van der Waals surface area contributed by atoms with Crippen LogP contribution in [0, 0.1) is 5.92 Å². The molecule has 0 spiro atoms. The van der Waals surface area contributed by atoms with Gasteiger partial charge in [0.2, 0.25) is 16.8 Å². The molecule has 0 radical (unpaired) electrons. The fourth-order valence-electron chi connectivity index (χ4n) is 3.14. The maximum atomic E-state index is 12.8. The minimum Gasteiger partial charge on any atom is -0.454 e. The smallest absolute Gasteiger partial charge is 0.243 e. The Morgan fingerprint density at radius 1 is 1.08 bits per heavy atom. The van der Waals surface area contributed by atoms with Gasteiger partial charge in [-0.2, -0.15) is 4.31 Å². The Labute approximate surface area is 149 Å². The second-order valence-corrected chi connectivity index (χ2v) is 8.48. The molecule has 1 saturated heterocycles. The van der Waals surface area contributed by atoms with Crippen LogP contribution in [0.3, 0.4) is 0 Å². The summed E-state index contributed by atoms with van der Waals surface area (Å²) in [6.07, 6.45) is 4.42. The van der Waals surface area contributed by atoms with Gasteiger partial charge in [-0.05, 0) is 50.3 Å². The molecular weight excluding hydrogens is 352 g/mol. The van der Waals surface area contributed by atoms with Crippen molar-refractivity contribution in [3.63, 3.8) is 0 Å². The first-order valence-corrected chi connectivity index (χ1v) is 9.70. The van der Waals surface area contributed by atoms with Crippen molar-refractivity contribution in [2.45, 2.75) is 36.6 Å². The van der Waals surface area contributed by atoms with Gasteiger partial charge in [-0.3, -0.25) is 0 Å². The molecular formula is C16H23ClN2O4S. The highest BCUT2D eigenvalue weighted by molar-refractivity contribution is 7.89. The van der Waals surface area contributed by atoms with E-state index < -0.39 is 10.0 Å². The van der Waals surface area contributed by atoms with Crippen LogP contribution in [0.15, 0.2) is 23.1 Å². The van der Waals surface area contributed by atoms with Gasteiger partial charge in [0.15, 0.2) is 11.5 Å². The largest absolute Gasteiger partial charge is 0.454 e. The van der Waals surface area contributed by atoms with Gasteiger partial charge in [-0.1, -0.05) is 0 Å². The van der Waals surface area contributed by atoms with E-state index in [1.807, 2.05) is 0 Å². The number of rotatable bonds is 5. The summed E-state index contributed by atoms with van der Waals surface area (Å²) in [5, 5.41) is 3.57. The van der Waals surface area contributed by atoms with Gasteiger partial charge in [-0.15, -0.1) is 12.4 Å². The van der Waals surface area contributed by atoms with E-state index in [1.165, 1.54) is 12.8 Å². The van der Waals surface area contributed by atoms with Crippen LogP contribution in [0.2, 0.25) is 0 Å². The van der Waals surface area contributed by atoms with Crippen LogP contribution in [0.1, 0.15) is 25.7 Å². The molecule has 3 aliphatic rings. The standard InChI is InChI=1S/C16H22N2O4S.ClH/c19-23(20,14-3-4-15-16(9-14)22-11-21-15)18-7-5-13(6-8-18)17-10-12-1-2-12;/h3-4,9,12-13,17H,1-2,5-8,10-11H2;1H. The van der Waals surface area contributed by atoms with Gasteiger partial charge in [0.05, 0.1) is 4.90 Å². The Morgan fingerprint density at radius 3 is 2.50 bits per heavy atom. The summed E-state index contributed by atoms with van der Waals surface area (Å²) in [6.45, 7) is 2.37. The molecule has 0 amide bonds. The molecule has 2 aliphatic heterocycles. The molecule has 2 heterocycles. The lowest BCUT2D eigenvalue weighted by Gasteiger charge is -2.31. The molecule has 0 bridgehead atoms. The first-order chi connectivity index (χ1) is 11.1. The maximum Gasteiger partial charge on any atom is 0.243 e. The van der Waals surface area contributed by atoms with E-state index >= 15 is 0 Å². The Balaban J connectivity index is 0.00000169. The lowest BCUT2D eigenvalue weighted by molar-refractivity contribution is 0.174. The molecule has 0 aromatic heterocycles. The minimum absolute atomic E-state index is 0. The molecule has 24 heavy (non-hydrogen) atoms. The average molecular weight is 375 g/mol. The van der Waals surface area contributed by atoms with Crippen molar-refractivity contribution in [1.29, 1.82) is 0 Å². The summed E-state index contributed by atoms with van der Waals surface area (Å²) in [4.78, 5) is 0.283. The Kier molecular flexibility index (Phi) is 5.24. The quantitative estimate of drug-likeness (QED) is 0.853. The molecule has 1 aromatic carbocycles. The highest BCUT2D eigenvalue weighted by Crippen LogP contribution is 2.35. The molecule has 0 atom stereocenters. The summed E-state index contributed by atoms with van der Waals surface area (Å²) in [6, 6.07) is 5.27. The van der Waals surface area contributed by atoms with Crippen molar-refractivity contribution in [2.75, 3.05) is 26.4 Å². The van der Waals surface area contributed by atoms with Gasteiger partial charge in [0, 0.05) is 25.2 Å². The van der Waals surface area contributed by atoms with Crippen LogP contribution in [-0.2, 0) is 10.0 Å². The lowest BCUT2D eigenvalue weighted by atomic mass is 10.1. The number of hydrogen-bond acceptors (Lipinski definition) is 5. The van der Waals surface area contributed by atoms with Crippen LogP contribution in [0.25, 0.3) is 0 Å². The van der Waals surface area contributed by atoms with E-state index in [2.05, 4.69) is 5.32 Å². The highest BCUT2D eigenvalue weighted by atomic mass is 35.5. The molecule has 1 saturated carbocycles. The van der Waals surface area contributed by atoms with Gasteiger partial charge >= 0.3 is 0 Å². The number of ether oxygens (including phenoxy) is 2. The van der Waals surface area contributed by atoms with E-state index in [9.17, 15) is 8.42 Å². The van der Waals surface area contributed by atoms with Crippen LogP contribution in [0.4, 0.5) is 0 Å². The minimum atomic E-state index is -3.46. The van der Waals surface area contributed by atoms with Gasteiger partial charge in [-0.25, -0.2) is 8.42 Å². The molecule has 8 heteroatoms. The number of fused-ring (bicyclic) bond motifs is 1. The molecule has 1 aliphatic carbocycles. The van der Waals surface area contributed by atoms with Gasteiger partial charge < -0.3 is 14.8 Å². The Hall–Kier alpha value is -1.02. The SMILES string of the molecule is Cl.O=S(=O)(c1ccc2c(c1)OCO2)N1CCC(NCC2CC2)CC1. The highest BCUT2D eigenvalue weighted by Gasteiger charge is 2.31. The van der Waals surface area contributed by atoms with Crippen molar-refractivity contribution < 1.29 is 17.9 Å². The number of nitrogens with zero attached hydrogens (tertiary/aromatic N) is 1. The topological polar surface area (TPSA) is 67.9 Å². The molecule has 1 aromatic rings. The van der Waals surface area contributed by atoms with Crippen molar-refractivity contribution in [3.8, 4) is 11.5 Å². The third-order valence-corrected chi connectivity index (χ3v) is 6.72. The zero-order valence-electron chi connectivity index (χ0n) is 13.4. The van der Waals surface area contributed by atoms with E-state index in [0.717, 1.165) is 25.3 Å². The molecule has 1 N–H and O–H groups in total. The fourth-order valence-corrected chi connectivity index (χ4v) is 4.63. The summed E-state index contributed by atoms with van der Waals surface area (Å²) in [7, 11) is -3.46. The fraction of sp³-hybridized carbons (Fsp3) is 0.625. The second kappa shape index (κ2) is 7.07. The summed E-state index contributed by atoms with van der Waals surface area (Å²) >= 11 is 0. The monoisotopic (exact) mass is 374 g/mol. The Bertz CT molecular complexity index is 685. The summed E-state index contributed by atoms with van der Waals surface area (Å²) in [5.41, 5.74) is 0. The van der Waals surface area contributed by atoms with Crippen LogP contribution in [0.5, 0.6) is 11.5 Å². The number of piperidine rings is 1. The van der Waals surface area contributed by atoms with E-state index in [4.69, 9.17) is 9.47 Å². The van der Waals surface area contributed by atoms with Crippen molar-refractivity contribution in [3.05, 3.63) is 18.2 Å². The molecule has 4 rings (SSSR count). The number of halogens is 1. The Morgan fingerprint density at radius 2 is 1.79 bits per heavy atom. The lowest BCUT2D eigenvalue weighted by Crippen LogP contribution is -2.45. The molecule has 2 fully saturated rings. The van der Waals surface area contributed by atoms with E-state index in [0.29, 0.717) is 30.6 Å². The number of hydrogen-bond donors (Lipinski definition) is 1. The van der Waals surface area contributed by atoms with Crippen molar-refractivity contribution in [2.24, 2.45) is 5.92 Å². The maximum absolute atomic E-state index is 12.8. The van der Waals surface area contributed by atoms with Gasteiger partial charge in [0.25, 0.3) is 0 Å². The van der Waals surface area contributed by atoms with Crippen LogP contribution in [-0.4, -0.2) is 45.2 Å². The van der Waals surface area contributed by atoms with Crippen LogP contribution >= 0.6 is 12.4 Å². The van der Waals surface area contributed by atoms with E-state index in [-0.39, 0.29) is 24.1 Å². The van der Waals surface area contributed by atoms with Crippen molar-refractivity contribution in [1.82, 2.24) is 9.62 Å². The predicted octanol–water partition coefficient (Wildman–Crippen LogP) is 1.99. The second-order valence-electron chi connectivity index (χ2n) is 6.55. The van der Waals surface area contributed by atoms with E-state index in [1.54, 1.807) is 22.5 Å². The zero-order chi connectivity index (χ0) is 15.9. The third kappa shape index (κ3) is 3.64. The predicted molar refractivity (Wildman–Crippen MR) is 92.3 cm³/mol. The normalized spacial score (nSPS) is 21.5.